The average molecular weight is 473 g/mol. The number of carbonyl (C=O) groups is 1. The summed E-state index contributed by atoms with van der Waals surface area (Å²) in [5.41, 5.74) is 11.1. The molecule has 3 aromatic heterocycles. The van der Waals surface area contributed by atoms with E-state index in [-0.39, 0.29) is 12.5 Å². The predicted octanol–water partition coefficient (Wildman–Crippen LogP) is 3.53. The fraction of sp³-hybridized carbons (Fsp3) is 0.269. The van der Waals surface area contributed by atoms with Gasteiger partial charge in [0.25, 0.3) is 5.91 Å². The minimum absolute atomic E-state index is 0.122. The summed E-state index contributed by atoms with van der Waals surface area (Å²) in [6.45, 7) is 0.607. The van der Waals surface area contributed by atoms with Gasteiger partial charge in [-0.15, -0.1) is 0 Å². The summed E-state index contributed by atoms with van der Waals surface area (Å²) < 4.78 is 22.5. The molecule has 2 aromatic carbocycles. The lowest BCUT2D eigenvalue weighted by Crippen LogP contribution is -2.45. The molecule has 1 atom stereocenters. The molecule has 35 heavy (non-hydrogen) atoms. The van der Waals surface area contributed by atoms with Crippen molar-refractivity contribution < 1.29 is 13.7 Å². The number of alkyl halides is 1. The van der Waals surface area contributed by atoms with E-state index in [9.17, 15) is 9.18 Å². The van der Waals surface area contributed by atoms with Crippen LogP contribution in [0.25, 0.3) is 33.5 Å². The molecule has 6 rings (SSSR count). The number of nitrogens with two attached hydrogens (primary N) is 1. The molecular formula is C26H25FN6O2. The molecule has 0 fully saturated rings. The zero-order valence-electron chi connectivity index (χ0n) is 19.3. The van der Waals surface area contributed by atoms with Crippen LogP contribution in [-0.2, 0) is 20.0 Å². The average Bonchev–Trinajstić information content (AvgIpc) is 3.59. The van der Waals surface area contributed by atoms with Crippen LogP contribution in [0.3, 0.4) is 0 Å². The van der Waals surface area contributed by atoms with Gasteiger partial charge in [0, 0.05) is 42.7 Å². The summed E-state index contributed by atoms with van der Waals surface area (Å²) in [7, 11) is 1.99. The number of aryl methyl sites for hydroxylation is 1. The van der Waals surface area contributed by atoms with Crippen LogP contribution in [0.2, 0.25) is 0 Å². The van der Waals surface area contributed by atoms with Crippen LogP contribution >= 0.6 is 0 Å². The molecule has 0 spiro atoms. The number of benzene rings is 2. The first-order valence-electron chi connectivity index (χ1n) is 11.6. The maximum Gasteiger partial charge on any atom is 0.254 e. The Hall–Kier alpha value is -3.98. The zero-order chi connectivity index (χ0) is 24.1. The molecule has 1 amide bonds. The Morgan fingerprint density at radius 1 is 1.17 bits per heavy atom. The van der Waals surface area contributed by atoms with Crippen LogP contribution < -0.4 is 5.73 Å². The topological polar surface area (TPSA) is 95.1 Å². The highest BCUT2D eigenvalue weighted by Crippen LogP contribution is 2.32. The standard InChI is InChI=1S/C26H25FN6O2/c1-31-23-10-16-7-9-32(14-18(28)13-27)26(34)20(16)12-21(23)30-25(31)24-11-17-4-2-3-5-22(17)33(24)15-19-6-8-29-35-19/h2-6,8,10-12,18H,7,9,13-15,28H2,1H3/t18-/m1/s1. The van der Waals surface area contributed by atoms with Gasteiger partial charge < -0.3 is 24.3 Å². The number of imidazole rings is 1. The molecule has 1 aliphatic rings. The molecule has 0 saturated heterocycles. The van der Waals surface area contributed by atoms with Gasteiger partial charge in [0.2, 0.25) is 0 Å². The van der Waals surface area contributed by atoms with Gasteiger partial charge >= 0.3 is 0 Å². The van der Waals surface area contributed by atoms with Crippen molar-refractivity contribution >= 4 is 27.8 Å². The number of halogens is 1. The molecule has 5 aromatic rings. The first kappa shape index (κ1) is 21.5. The van der Waals surface area contributed by atoms with Gasteiger partial charge in [-0.3, -0.25) is 4.79 Å². The Bertz CT molecular complexity index is 1550. The summed E-state index contributed by atoms with van der Waals surface area (Å²) >= 11 is 0. The van der Waals surface area contributed by atoms with Crippen LogP contribution in [0.1, 0.15) is 21.7 Å². The highest BCUT2D eigenvalue weighted by Gasteiger charge is 2.27. The molecule has 0 saturated carbocycles. The van der Waals surface area contributed by atoms with E-state index in [0.717, 1.165) is 44.8 Å². The second-order valence-electron chi connectivity index (χ2n) is 9.06. The first-order valence-corrected chi connectivity index (χ1v) is 11.6. The number of amides is 1. The molecule has 1 aliphatic heterocycles. The number of carbonyl (C=O) groups excluding carboxylic acids is 1. The lowest BCUT2D eigenvalue weighted by molar-refractivity contribution is 0.0725. The molecule has 2 N–H and O–H groups in total. The van der Waals surface area contributed by atoms with Crippen molar-refractivity contribution in [1.29, 1.82) is 0 Å². The van der Waals surface area contributed by atoms with Crippen molar-refractivity contribution in [1.82, 2.24) is 24.2 Å². The van der Waals surface area contributed by atoms with Gasteiger partial charge in [0.05, 0.1) is 35.5 Å². The van der Waals surface area contributed by atoms with Crippen molar-refractivity contribution in [2.75, 3.05) is 19.8 Å². The van der Waals surface area contributed by atoms with E-state index >= 15 is 0 Å². The number of hydrogen-bond donors (Lipinski definition) is 1. The van der Waals surface area contributed by atoms with Gasteiger partial charge in [-0.05, 0) is 36.2 Å². The summed E-state index contributed by atoms with van der Waals surface area (Å²) in [6.07, 6.45) is 2.34. The molecule has 0 radical (unpaired) electrons. The third-order valence-corrected chi connectivity index (χ3v) is 6.77. The number of nitrogens with zero attached hydrogens (tertiary/aromatic N) is 5. The molecule has 4 heterocycles. The van der Waals surface area contributed by atoms with Crippen LogP contribution in [-0.4, -0.2) is 55.9 Å². The predicted molar refractivity (Wildman–Crippen MR) is 131 cm³/mol. The molecule has 9 heteroatoms. The van der Waals surface area contributed by atoms with Crippen LogP contribution in [0.5, 0.6) is 0 Å². The largest absolute Gasteiger partial charge is 0.359 e. The maximum atomic E-state index is 13.1. The van der Waals surface area contributed by atoms with Crippen LogP contribution in [0, 0.1) is 0 Å². The third-order valence-electron chi connectivity index (χ3n) is 6.77. The minimum Gasteiger partial charge on any atom is -0.359 e. The Morgan fingerprint density at radius 3 is 2.83 bits per heavy atom. The van der Waals surface area contributed by atoms with E-state index < -0.39 is 12.7 Å². The molecule has 178 valence electrons. The van der Waals surface area contributed by atoms with Crippen LogP contribution in [0.15, 0.2) is 59.3 Å². The molecular weight excluding hydrogens is 447 g/mol. The van der Waals surface area contributed by atoms with Crippen molar-refractivity contribution in [3.05, 3.63) is 71.6 Å². The van der Waals surface area contributed by atoms with E-state index in [4.69, 9.17) is 15.2 Å². The Labute approximate surface area is 200 Å². The summed E-state index contributed by atoms with van der Waals surface area (Å²) in [4.78, 5) is 19.7. The molecule has 0 aliphatic carbocycles. The van der Waals surface area contributed by atoms with E-state index in [1.807, 2.05) is 31.3 Å². The second kappa shape index (κ2) is 8.35. The first-order chi connectivity index (χ1) is 17.0. The number of hydrogen-bond acceptors (Lipinski definition) is 5. The van der Waals surface area contributed by atoms with Gasteiger partial charge in [-0.25, -0.2) is 9.37 Å². The Morgan fingerprint density at radius 2 is 2.03 bits per heavy atom. The van der Waals surface area contributed by atoms with Crippen molar-refractivity contribution in [2.45, 2.75) is 19.0 Å². The number of aromatic nitrogens is 4. The summed E-state index contributed by atoms with van der Waals surface area (Å²) in [5.74, 6) is 1.42. The maximum absolute atomic E-state index is 13.1. The van der Waals surface area contributed by atoms with Gasteiger partial charge in [-0.1, -0.05) is 23.4 Å². The molecule has 8 nitrogen and oxygen atoms in total. The van der Waals surface area contributed by atoms with E-state index in [0.29, 0.717) is 25.1 Å². The fourth-order valence-corrected chi connectivity index (χ4v) is 5.00. The monoisotopic (exact) mass is 472 g/mol. The number of para-hydroxylation sites is 1. The minimum atomic E-state index is -0.669. The Balaban J connectivity index is 1.46. The van der Waals surface area contributed by atoms with E-state index in [1.54, 1.807) is 11.1 Å². The summed E-state index contributed by atoms with van der Waals surface area (Å²) in [5, 5.41) is 4.94. The van der Waals surface area contributed by atoms with Gasteiger partial charge in [0.1, 0.15) is 6.67 Å². The van der Waals surface area contributed by atoms with Crippen molar-refractivity contribution in [3.63, 3.8) is 0 Å². The van der Waals surface area contributed by atoms with Crippen LogP contribution in [0.4, 0.5) is 4.39 Å². The van der Waals surface area contributed by atoms with E-state index in [2.05, 4.69) is 38.6 Å². The third kappa shape index (κ3) is 3.59. The lowest BCUT2D eigenvalue weighted by Gasteiger charge is -2.30. The number of fused-ring (bicyclic) bond motifs is 3. The normalized spacial score (nSPS) is 14.7. The second-order valence-corrected chi connectivity index (χ2v) is 9.06. The fourth-order valence-electron chi connectivity index (χ4n) is 5.00. The molecule has 0 bridgehead atoms. The highest BCUT2D eigenvalue weighted by molar-refractivity contribution is 6.00. The lowest BCUT2D eigenvalue weighted by atomic mass is 9.97. The van der Waals surface area contributed by atoms with E-state index in [1.165, 1.54) is 0 Å². The van der Waals surface area contributed by atoms with Crippen molar-refractivity contribution in [3.8, 4) is 11.5 Å². The quantitative estimate of drug-likeness (QED) is 0.408. The SMILES string of the molecule is Cn1c(-c2cc3ccccc3n2Cc2ccno2)nc2cc3c(cc21)CCN(C[C@H](N)CF)C3=O. The zero-order valence-corrected chi connectivity index (χ0v) is 19.3. The highest BCUT2D eigenvalue weighted by atomic mass is 19.1. The van der Waals surface area contributed by atoms with Gasteiger partial charge in [-0.2, -0.15) is 0 Å². The van der Waals surface area contributed by atoms with Gasteiger partial charge in [0.15, 0.2) is 11.6 Å². The number of rotatable bonds is 6. The Kier molecular flexibility index (Phi) is 5.14. The smallest absolute Gasteiger partial charge is 0.254 e. The molecule has 0 unspecified atom stereocenters. The van der Waals surface area contributed by atoms with Crippen molar-refractivity contribution in [2.24, 2.45) is 12.8 Å². The summed E-state index contributed by atoms with van der Waals surface area (Å²) in [6, 6.07) is 15.4.